The van der Waals surface area contributed by atoms with E-state index >= 15 is 0 Å². The summed E-state index contributed by atoms with van der Waals surface area (Å²) in [7, 11) is 2.07. The van der Waals surface area contributed by atoms with E-state index in [9.17, 15) is 0 Å². The maximum atomic E-state index is 2.26. The fourth-order valence-corrected chi connectivity index (χ4v) is 1.71. The largest absolute Gasteiger partial charge is 3.00 e. The Hall–Kier alpha value is -0.0205. The zero-order valence-electron chi connectivity index (χ0n) is 10.7. The summed E-state index contributed by atoms with van der Waals surface area (Å²) in [4.78, 5) is 0. The number of imidazole rings is 1. The predicted molar refractivity (Wildman–Crippen MR) is 59.7 cm³/mol. The molecule has 0 amide bonds. The molecule has 0 spiro atoms. The fraction of sp³-hybridized carbons (Fsp3) is 0.750. The van der Waals surface area contributed by atoms with Crippen molar-refractivity contribution in [3.63, 3.8) is 0 Å². The van der Waals surface area contributed by atoms with Crippen molar-refractivity contribution in [3.05, 3.63) is 18.7 Å². The zero-order valence-corrected chi connectivity index (χ0v) is 12.6. The van der Waals surface area contributed by atoms with Crippen LogP contribution >= 0.6 is 0 Å². The van der Waals surface area contributed by atoms with E-state index in [1.807, 2.05) is 0 Å². The van der Waals surface area contributed by atoms with Crippen LogP contribution in [0.1, 0.15) is 45.4 Å². The van der Waals surface area contributed by atoms with Gasteiger partial charge in [-0.15, -0.1) is 0 Å². The number of aromatic nitrogens is 2. The molecule has 1 aromatic rings. The van der Waals surface area contributed by atoms with Crippen molar-refractivity contribution < 1.29 is 39.5 Å². The zero-order chi connectivity index (χ0) is 10.2. The first-order valence-electron chi connectivity index (χ1n) is 5.84. The molecular weight excluding hydrogens is 279 g/mol. The molecule has 1 heterocycles. The van der Waals surface area contributed by atoms with Gasteiger partial charge in [-0.25, -0.2) is 9.13 Å². The smallest absolute Gasteiger partial charge is 2.00 e. The Balaban J connectivity index is -0.000000653. The van der Waals surface area contributed by atoms with Gasteiger partial charge in [0.1, 0.15) is 12.4 Å². The molecule has 0 fully saturated rings. The van der Waals surface area contributed by atoms with Gasteiger partial charge in [-0.05, 0) is 12.8 Å². The van der Waals surface area contributed by atoms with Crippen LogP contribution in [-0.4, -0.2) is 4.57 Å². The topological polar surface area (TPSA) is 37.3 Å². The van der Waals surface area contributed by atoms with Crippen LogP contribution in [-0.2, 0) is 36.1 Å². The maximum Gasteiger partial charge on any atom is 3.00 e. The SMILES string of the molecule is CCCCCCCCn1cc[n+](C)c1.[Cl-].[Fe+3].[O-2]. The summed E-state index contributed by atoms with van der Waals surface area (Å²) in [6, 6.07) is 0. The molecule has 1 rings (SSSR count). The van der Waals surface area contributed by atoms with E-state index < -0.39 is 0 Å². The third kappa shape index (κ3) is 10.8. The van der Waals surface area contributed by atoms with Crippen LogP contribution in [0.15, 0.2) is 18.7 Å². The van der Waals surface area contributed by atoms with Gasteiger partial charge in [-0.1, -0.05) is 32.6 Å². The van der Waals surface area contributed by atoms with Crippen molar-refractivity contribution in [3.8, 4) is 0 Å². The number of aryl methyl sites for hydroxylation is 2. The molecule has 3 nitrogen and oxygen atoms in total. The predicted octanol–water partition coefficient (Wildman–Crippen LogP) is -0.444. The van der Waals surface area contributed by atoms with Crippen molar-refractivity contribution in [2.24, 2.45) is 7.05 Å². The average Bonchev–Trinajstić information content (AvgIpc) is 2.58. The average molecular weight is 303 g/mol. The van der Waals surface area contributed by atoms with Crippen LogP contribution < -0.4 is 17.0 Å². The summed E-state index contributed by atoms with van der Waals surface area (Å²) in [5.74, 6) is 0. The quantitative estimate of drug-likeness (QED) is 0.372. The first-order valence-corrected chi connectivity index (χ1v) is 5.84. The van der Waals surface area contributed by atoms with Gasteiger partial charge in [0.05, 0.1) is 13.6 Å². The van der Waals surface area contributed by atoms with Gasteiger partial charge < -0.3 is 17.9 Å². The van der Waals surface area contributed by atoms with Gasteiger partial charge in [0.25, 0.3) is 0 Å². The van der Waals surface area contributed by atoms with Crippen molar-refractivity contribution in [2.75, 3.05) is 0 Å². The number of rotatable bonds is 7. The van der Waals surface area contributed by atoms with Gasteiger partial charge in [0.15, 0.2) is 0 Å². The van der Waals surface area contributed by atoms with E-state index in [-0.39, 0.29) is 35.0 Å². The van der Waals surface area contributed by atoms with Crippen molar-refractivity contribution in [1.82, 2.24) is 4.57 Å². The molecule has 101 valence electrons. The summed E-state index contributed by atoms with van der Waals surface area (Å²) in [6.07, 6.45) is 14.6. The van der Waals surface area contributed by atoms with Crippen LogP contribution in [0.25, 0.3) is 0 Å². The molecule has 17 heavy (non-hydrogen) atoms. The van der Waals surface area contributed by atoms with Crippen LogP contribution in [0.2, 0.25) is 0 Å². The maximum absolute atomic E-state index is 2.26. The molecule has 0 bridgehead atoms. The van der Waals surface area contributed by atoms with Crippen molar-refractivity contribution in [2.45, 2.75) is 52.0 Å². The second-order valence-electron chi connectivity index (χ2n) is 4.08. The number of hydrogen-bond donors (Lipinski definition) is 0. The number of unbranched alkanes of at least 4 members (excludes halogenated alkanes) is 5. The molecule has 0 saturated carbocycles. The summed E-state index contributed by atoms with van der Waals surface area (Å²) in [6.45, 7) is 3.44. The number of halogens is 1. The standard InChI is InChI=1S/C12H23N2.ClH.Fe.O/c1-3-4-5-6-7-8-9-14-11-10-13(2)12-14;;;/h10-12H,3-9H2,1-2H3;1H;;/q+1;;+3;-2/p-1. The monoisotopic (exact) mass is 302 g/mol. The third-order valence-electron chi connectivity index (χ3n) is 2.59. The Morgan fingerprint density at radius 3 is 2.18 bits per heavy atom. The van der Waals surface area contributed by atoms with Gasteiger partial charge in [-0.3, -0.25) is 0 Å². The first-order chi connectivity index (χ1) is 6.83. The molecule has 0 aliphatic heterocycles. The van der Waals surface area contributed by atoms with E-state index in [1.165, 1.54) is 45.1 Å². The molecule has 5 heteroatoms. The van der Waals surface area contributed by atoms with E-state index in [1.54, 1.807) is 0 Å². The van der Waals surface area contributed by atoms with Crippen LogP contribution in [0.3, 0.4) is 0 Å². The molecule has 0 unspecified atom stereocenters. The van der Waals surface area contributed by atoms with Gasteiger partial charge in [-0.2, -0.15) is 0 Å². The van der Waals surface area contributed by atoms with E-state index in [0.717, 1.165) is 0 Å². The van der Waals surface area contributed by atoms with Crippen LogP contribution in [0, 0.1) is 0 Å². The van der Waals surface area contributed by atoms with Crippen molar-refractivity contribution >= 4 is 0 Å². The fourth-order valence-electron chi connectivity index (χ4n) is 1.71. The number of hydrogen-bond acceptors (Lipinski definition) is 0. The first kappa shape index (κ1) is 22.2. The molecule has 0 saturated heterocycles. The Morgan fingerprint density at radius 2 is 1.65 bits per heavy atom. The van der Waals surface area contributed by atoms with E-state index in [4.69, 9.17) is 0 Å². The van der Waals surface area contributed by atoms with Crippen LogP contribution in [0.4, 0.5) is 0 Å². The van der Waals surface area contributed by atoms with Gasteiger partial charge in [0.2, 0.25) is 6.33 Å². The molecule has 1 radical (unpaired) electrons. The van der Waals surface area contributed by atoms with Gasteiger partial charge in [0, 0.05) is 0 Å². The second-order valence-corrected chi connectivity index (χ2v) is 4.08. The molecule has 1 aromatic heterocycles. The van der Waals surface area contributed by atoms with E-state index in [2.05, 4.69) is 41.8 Å². The Morgan fingerprint density at radius 1 is 1.06 bits per heavy atom. The number of nitrogens with zero attached hydrogens (tertiary/aromatic N) is 2. The minimum absolute atomic E-state index is 0. The van der Waals surface area contributed by atoms with Crippen LogP contribution in [0.5, 0.6) is 0 Å². The minimum atomic E-state index is 0. The minimum Gasteiger partial charge on any atom is -2.00 e. The summed E-state index contributed by atoms with van der Waals surface area (Å²) < 4.78 is 4.36. The van der Waals surface area contributed by atoms with E-state index in [0.29, 0.717) is 0 Å². The normalized spacial score (nSPS) is 8.82. The Kier molecular flexibility index (Phi) is 18.3. The summed E-state index contributed by atoms with van der Waals surface area (Å²) in [5.41, 5.74) is 0. The molecule has 0 aliphatic carbocycles. The molecular formula is C12H23ClFeN2O+. The van der Waals surface area contributed by atoms with Gasteiger partial charge >= 0.3 is 17.1 Å². The summed E-state index contributed by atoms with van der Waals surface area (Å²) in [5, 5.41) is 0. The molecule has 0 atom stereocenters. The summed E-state index contributed by atoms with van der Waals surface area (Å²) >= 11 is 0. The Bertz CT molecular complexity index is 256. The second kappa shape index (κ2) is 14.0. The Labute approximate surface area is 122 Å². The molecule has 0 aromatic carbocycles. The van der Waals surface area contributed by atoms with Crippen molar-refractivity contribution in [1.29, 1.82) is 0 Å². The molecule has 0 aliphatic rings. The molecule has 0 N–H and O–H groups in total. The third-order valence-corrected chi connectivity index (χ3v) is 2.59.